The van der Waals surface area contributed by atoms with E-state index >= 15 is 0 Å². The summed E-state index contributed by atoms with van der Waals surface area (Å²) in [7, 11) is 0. The van der Waals surface area contributed by atoms with Crippen LogP contribution in [0.3, 0.4) is 0 Å². The Morgan fingerprint density at radius 2 is 2.42 bits per heavy atom. The molecule has 0 amide bonds. The van der Waals surface area contributed by atoms with Gasteiger partial charge >= 0.3 is 0 Å². The molecule has 1 saturated heterocycles. The summed E-state index contributed by atoms with van der Waals surface area (Å²) in [4.78, 5) is 0. The highest BCUT2D eigenvalue weighted by Gasteiger charge is 2.37. The summed E-state index contributed by atoms with van der Waals surface area (Å²) in [5, 5.41) is 3.57. The van der Waals surface area contributed by atoms with Crippen LogP contribution in [0.4, 0.5) is 0 Å². The van der Waals surface area contributed by atoms with Crippen LogP contribution in [0.5, 0.6) is 0 Å². The Morgan fingerprint density at radius 1 is 1.58 bits per heavy atom. The average Bonchev–Trinajstić information content (AvgIpc) is 2.40. The lowest BCUT2D eigenvalue weighted by atomic mass is 9.74. The Hall–Kier alpha value is -0.300. The maximum atomic E-state index is 3.57. The second-order valence-electron chi connectivity index (χ2n) is 4.74. The fraction of sp³-hybridized carbons (Fsp3) is 0.818. The molecule has 0 saturated carbocycles. The standard InChI is InChI=1S/C11H19N/c1-9-3-5-11(6-4-9)7-10(2)12-8-11/h3,10,12H,4-8H2,1-2H3. The van der Waals surface area contributed by atoms with E-state index in [-0.39, 0.29) is 0 Å². The highest BCUT2D eigenvalue weighted by Crippen LogP contribution is 2.41. The summed E-state index contributed by atoms with van der Waals surface area (Å²) in [6.07, 6.45) is 7.89. The van der Waals surface area contributed by atoms with Gasteiger partial charge in [0.2, 0.25) is 0 Å². The molecule has 2 atom stereocenters. The summed E-state index contributed by atoms with van der Waals surface area (Å²) >= 11 is 0. The molecule has 0 aromatic rings. The van der Waals surface area contributed by atoms with Gasteiger partial charge in [0.1, 0.15) is 0 Å². The molecule has 12 heavy (non-hydrogen) atoms. The predicted octanol–water partition coefficient (Wildman–Crippen LogP) is 2.48. The Kier molecular flexibility index (Phi) is 1.99. The Labute approximate surface area is 75.2 Å². The van der Waals surface area contributed by atoms with Crippen molar-refractivity contribution >= 4 is 0 Å². The van der Waals surface area contributed by atoms with Gasteiger partial charge in [-0.2, -0.15) is 0 Å². The fourth-order valence-electron chi connectivity index (χ4n) is 2.59. The molecule has 2 aliphatic rings. The summed E-state index contributed by atoms with van der Waals surface area (Å²) in [6.45, 7) is 5.82. The topological polar surface area (TPSA) is 12.0 Å². The van der Waals surface area contributed by atoms with Crippen molar-refractivity contribution in [2.75, 3.05) is 6.54 Å². The van der Waals surface area contributed by atoms with Gasteiger partial charge in [-0.15, -0.1) is 0 Å². The first-order valence-corrected chi connectivity index (χ1v) is 5.09. The third-order valence-electron chi connectivity index (χ3n) is 3.50. The van der Waals surface area contributed by atoms with Gasteiger partial charge in [0.15, 0.2) is 0 Å². The van der Waals surface area contributed by atoms with Crippen molar-refractivity contribution in [3.05, 3.63) is 11.6 Å². The first-order valence-electron chi connectivity index (χ1n) is 5.09. The van der Waals surface area contributed by atoms with Gasteiger partial charge in [-0.1, -0.05) is 11.6 Å². The largest absolute Gasteiger partial charge is 0.314 e. The highest BCUT2D eigenvalue weighted by atomic mass is 15.0. The molecule has 1 heterocycles. The molecule has 0 radical (unpaired) electrons. The quantitative estimate of drug-likeness (QED) is 0.544. The van der Waals surface area contributed by atoms with E-state index in [0.29, 0.717) is 5.41 Å². The molecule has 1 spiro atoms. The van der Waals surface area contributed by atoms with Crippen molar-refractivity contribution in [2.24, 2.45) is 5.41 Å². The third kappa shape index (κ3) is 1.42. The number of hydrogen-bond donors (Lipinski definition) is 1. The number of hydrogen-bond acceptors (Lipinski definition) is 1. The van der Waals surface area contributed by atoms with Crippen LogP contribution in [-0.4, -0.2) is 12.6 Å². The molecule has 2 rings (SSSR count). The monoisotopic (exact) mass is 165 g/mol. The molecule has 1 aliphatic carbocycles. The fourth-order valence-corrected chi connectivity index (χ4v) is 2.59. The van der Waals surface area contributed by atoms with E-state index in [4.69, 9.17) is 0 Å². The Morgan fingerprint density at radius 3 is 2.92 bits per heavy atom. The summed E-state index contributed by atoms with van der Waals surface area (Å²) < 4.78 is 0. The second kappa shape index (κ2) is 2.88. The van der Waals surface area contributed by atoms with Crippen LogP contribution in [0.2, 0.25) is 0 Å². The van der Waals surface area contributed by atoms with Gasteiger partial charge in [-0.05, 0) is 44.9 Å². The second-order valence-corrected chi connectivity index (χ2v) is 4.74. The van der Waals surface area contributed by atoms with Crippen LogP contribution in [0.25, 0.3) is 0 Å². The average molecular weight is 165 g/mol. The lowest BCUT2D eigenvalue weighted by Gasteiger charge is -2.31. The SMILES string of the molecule is CC1=CCC2(CC1)CNC(C)C2. The molecular formula is C11H19N. The van der Waals surface area contributed by atoms with Crippen molar-refractivity contribution in [1.82, 2.24) is 5.32 Å². The molecule has 1 heteroatoms. The van der Waals surface area contributed by atoms with E-state index in [2.05, 4.69) is 25.2 Å². The zero-order valence-electron chi connectivity index (χ0n) is 8.19. The number of allylic oxidation sites excluding steroid dienone is 2. The molecule has 0 aromatic carbocycles. The van der Waals surface area contributed by atoms with E-state index in [1.807, 2.05) is 0 Å². The molecule has 1 nitrogen and oxygen atoms in total. The van der Waals surface area contributed by atoms with E-state index < -0.39 is 0 Å². The van der Waals surface area contributed by atoms with Crippen LogP contribution >= 0.6 is 0 Å². The van der Waals surface area contributed by atoms with Gasteiger partial charge in [0.05, 0.1) is 0 Å². The summed E-state index contributed by atoms with van der Waals surface area (Å²) in [5.41, 5.74) is 2.24. The smallest absolute Gasteiger partial charge is 0.00448 e. The molecular weight excluding hydrogens is 146 g/mol. The minimum atomic E-state index is 0.638. The van der Waals surface area contributed by atoms with Crippen LogP contribution in [-0.2, 0) is 0 Å². The molecule has 2 unspecified atom stereocenters. The van der Waals surface area contributed by atoms with Gasteiger partial charge in [0.25, 0.3) is 0 Å². The molecule has 1 aliphatic heterocycles. The van der Waals surface area contributed by atoms with E-state index in [0.717, 1.165) is 6.04 Å². The van der Waals surface area contributed by atoms with Gasteiger partial charge < -0.3 is 5.32 Å². The minimum Gasteiger partial charge on any atom is -0.314 e. The zero-order valence-corrected chi connectivity index (χ0v) is 8.19. The lowest BCUT2D eigenvalue weighted by molar-refractivity contribution is 0.281. The Balaban J connectivity index is 2.05. The van der Waals surface area contributed by atoms with Gasteiger partial charge in [-0.25, -0.2) is 0 Å². The minimum absolute atomic E-state index is 0.638. The van der Waals surface area contributed by atoms with Crippen LogP contribution in [0, 0.1) is 5.41 Å². The van der Waals surface area contributed by atoms with E-state index in [9.17, 15) is 0 Å². The molecule has 0 bridgehead atoms. The van der Waals surface area contributed by atoms with Gasteiger partial charge in [-0.3, -0.25) is 0 Å². The maximum absolute atomic E-state index is 3.57. The number of nitrogens with one attached hydrogen (secondary N) is 1. The molecule has 1 N–H and O–H groups in total. The van der Waals surface area contributed by atoms with Gasteiger partial charge in [0, 0.05) is 12.6 Å². The van der Waals surface area contributed by atoms with Crippen LogP contribution in [0.1, 0.15) is 39.5 Å². The highest BCUT2D eigenvalue weighted by molar-refractivity contribution is 5.09. The predicted molar refractivity (Wildman–Crippen MR) is 52.1 cm³/mol. The maximum Gasteiger partial charge on any atom is 0.00448 e. The van der Waals surface area contributed by atoms with E-state index in [1.165, 1.54) is 32.2 Å². The van der Waals surface area contributed by atoms with Crippen molar-refractivity contribution in [1.29, 1.82) is 0 Å². The van der Waals surface area contributed by atoms with Crippen molar-refractivity contribution in [3.8, 4) is 0 Å². The molecule has 0 aromatic heterocycles. The Bertz CT molecular complexity index is 207. The summed E-state index contributed by atoms with van der Waals surface area (Å²) in [5.74, 6) is 0. The first-order chi connectivity index (χ1) is 5.70. The lowest BCUT2D eigenvalue weighted by Crippen LogP contribution is -2.25. The van der Waals surface area contributed by atoms with E-state index in [1.54, 1.807) is 5.57 Å². The van der Waals surface area contributed by atoms with Crippen LogP contribution in [0.15, 0.2) is 11.6 Å². The van der Waals surface area contributed by atoms with Crippen molar-refractivity contribution in [2.45, 2.75) is 45.6 Å². The molecule has 1 fully saturated rings. The normalized spacial score (nSPS) is 41.8. The van der Waals surface area contributed by atoms with Crippen molar-refractivity contribution < 1.29 is 0 Å². The first kappa shape index (κ1) is 8.31. The number of rotatable bonds is 0. The third-order valence-corrected chi connectivity index (χ3v) is 3.50. The molecule has 68 valence electrons. The van der Waals surface area contributed by atoms with Crippen molar-refractivity contribution in [3.63, 3.8) is 0 Å². The van der Waals surface area contributed by atoms with Crippen LogP contribution < -0.4 is 5.32 Å². The zero-order chi connectivity index (χ0) is 8.60. The summed E-state index contributed by atoms with van der Waals surface area (Å²) in [6, 6.07) is 0.747.